The first kappa shape index (κ1) is 74.3. The van der Waals surface area contributed by atoms with E-state index in [0.29, 0.717) is 19.3 Å². The molecule has 0 unspecified atom stereocenters. The number of Topliss-reactive ketones (excluding diaryl/α,β-unsaturated/α-hetero) is 2. The van der Waals surface area contributed by atoms with Crippen molar-refractivity contribution in [1.82, 2.24) is 0 Å². The average molecular weight is 989 g/mol. The number of aliphatic hydroxyl groups excluding tert-OH is 10. The average Bonchev–Trinajstić information content (AvgIpc) is 3.30. The van der Waals surface area contributed by atoms with E-state index in [1.807, 2.05) is 0 Å². The van der Waals surface area contributed by atoms with Gasteiger partial charge in [-0.1, -0.05) is 175 Å². The summed E-state index contributed by atoms with van der Waals surface area (Å²) in [5, 5.41) is 114. The molecule has 0 aromatic rings. The molecular weight excluding hydrogens is 889 g/mol. The summed E-state index contributed by atoms with van der Waals surface area (Å²) in [5.74, 6) is -3.43. The van der Waals surface area contributed by atoms with Gasteiger partial charge in [0.25, 0.3) is 0 Å². The Labute approximate surface area is 408 Å². The summed E-state index contributed by atoms with van der Waals surface area (Å²) in [4.78, 5) is 51.7. The van der Waals surface area contributed by atoms with Crippen LogP contribution in [0.4, 0.5) is 0 Å². The largest absolute Gasteiger partial charge is 0.481 e. The second-order valence-electron chi connectivity index (χ2n) is 17.5. The van der Waals surface area contributed by atoms with Gasteiger partial charge in [0.1, 0.15) is 48.8 Å². The van der Waals surface area contributed by atoms with Gasteiger partial charge < -0.3 is 66.4 Å². The van der Waals surface area contributed by atoms with Crippen molar-refractivity contribution >= 4 is 29.5 Å². The SMILES string of the molecule is CC(=O)[C@H](O)[C@@H](O)[C@H](O)[C@H](O)CO.CC(=O)[C@H](O)[C@@H](O)[C@H](O)[C@H](O)CO.CCCCCCCCCCCC(=O)O.CCCCCCCCCCCC(=O)O.CCCCCCCCCCCC(=O)O. The van der Waals surface area contributed by atoms with Gasteiger partial charge in [0.05, 0.1) is 13.2 Å². The van der Waals surface area contributed by atoms with E-state index in [1.54, 1.807) is 0 Å². The summed E-state index contributed by atoms with van der Waals surface area (Å²) in [5.41, 5.74) is 0. The molecule has 0 bridgehead atoms. The van der Waals surface area contributed by atoms with Crippen molar-refractivity contribution in [3.05, 3.63) is 0 Å². The van der Waals surface area contributed by atoms with Crippen molar-refractivity contribution in [3.8, 4) is 0 Å². The van der Waals surface area contributed by atoms with E-state index in [0.717, 1.165) is 52.4 Å². The zero-order valence-electron chi connectivity index (χ0n) is 42.6. The molecule has 8 atom stereocenters. The lowest BCUT2D eigenvalue weighted by Crippen LogP contribution is -2.48. The molecule has 0 aromatic carbocycles. The molecule has 0 spiro atoms. The van der Waals surface area contributed by atoms with E-state index in [9.17, 15) is 24.0 Å². The van der Waals surface area contributed by atoms with Gasteiger partial charge in [-0.2, -0.15) is 0 Å². The van der Waals surface area contributed by atoms with E-state index < -0.39 is 91.5 Å². The molecular formula is C50H100O18. The first-order valence-corrected chi connectivity index (χ1v) is 25.5. The molecule has 0 rings (SSSR count). The van der Waals surface area contributed by atoms with Gasteiger partial charge in [0.2, 0.25) is 0 Å². The summed E-state index contributed by atoms with van der Waals surface area (Å²) in [6.07, 6.45) is 20.7. The summed E-state index contributed by atoms with van der Waals surface area (Å²) in [6.45, 7) is 7.23. The number of aliphatic hydroxyl groups is 10. The molecule has 13 N–H and O–H groups in total. The smallest absolute Gasteiger partial charge is 0.303 e. The fourth-order valence-corrected chi connectivity index (χ4v) is 6.29. The predicted molar refractivity (Wildman–Crippen MR) is 262 cm³/mol. The van der Waals surface area contributed by atoms with E-state index in [4.69, 9.17) is 66.4 Å². The highest BCUT2D eigenvalue weighted by molar-refractivity contribution is 5.81. The molecule has 0 aliphatic rings. The van der Waals surface area contributed by atoms with Crippen molar-refractivity contribution in [2.75, 3.05) is 13.2 Å². The fourth-order valence-electron chi connectivity index (χ4n) is 6.29. The minimum Gasteiger partial charge on any atom is -0.481 e. The number of carboxylic acid groups (broad SMARTS) is 3. The van der Waals surface area contributed by atoms with Crippen LogP contribution in [0.15, 0.2) is 0 Å². The first-order valence-electron chi connectivity index (χ1n) is 25.5. The number of hydrogen-bond donors (Lipinski definition) is 13. The molecule has 0 fully saturated rings. The summed E-state index contributed by atoms with van der Waals surface area (Å²) in [7, 11) is 0. The second kappa shape index (κ2) is 55.3. The van der Waals surface area contributed by atoms with Gasteiger partial charge in [-0.25, -0.2) is 0 Å². The minimum absolute atomic E-state index is 0.343. The summed E-state index contributed by atoms with van der Waals surface area (Å²) >= 11 is 0. The van der Waals surface area contributed by atoms with Crippen molar-refractivity contribution in [1.29, 1.82) is 0 Å². The zero-order chi connectivity index (χ0) is 53.1. The molecule has 0 aliphatic carbocycles. The Bertz CT molecular complexity index is 1030. The molecule has 18 nitrogen and oxygen atoms in total. The molecule has 0 aliphatic heterocycles. The minimum atomic E-state index is -1.79. The molecule has 18 heteroatoms. The van der Waals surface area contributed by atoms with Crippen LogP contribution in [-0.4, -0.2) is 158 Å². The quantitative estimate of drug-likeness (QED) is 0.0313. The molecule has 0 saturated carbocycles. The van der Waals surface area contributed by atoms with Gasteiger partial charge in [-0.3, -0.25) is 24.0 Å². The van der Waals surface area contributed by atoms with E-state index in [2.05, 4.69) is 20.8 Å². The van der Waals surface area contributed by atoms with Crippen LogP contribution in [0.2, 0.25) is 0 Å². The van der Waals surface area contributed by atoms with Gasteiger partial charge in [-0.15, -0.1) is 0 Å². The molecule has 0 saturated heterocycles. The van der Waals surface area contributed by atoms with Crippen LogP contribution >= 0.6 is 0 Å². The highest BCUT2D eigenvalue weighted by atomic mass is 16.4. The van der Waals surface area contributed by atoms with Gasteiger partial charge >= 0.3 is 17.9 Å². The van der Waals surface area contributed by atoms with Crippen molar-refractivity contribution in [2.24, 2.45) is 0 Å². The monoisotopic (exact) mass is 989 g/mol. The normalized spacial score (nSPS) is 14.2. The van der Waals surface area contributed by atoms with Crippen LogP contribution in [0.3, 0.4) is 0 Å². The fraction of sp³-hybridized carbons (Fsp3) is 0.900. The third-order valence-electron chi connectivity index (χ3n) is 10.8. The maximum absolute atomic E-state index is 10.5. The molecule has 0 amide bonds. The standard InChI is InChI=1S/3C12H24O2.2C7H14O6/c3*1-2-3-4-5-6-7-8-9-10-11-12(13)14;2*1-3(9)5(11)7(13)6(12)4(10)2-8/h3*2-11H2,1H3,(H,13,14);2*4-8,10-13H,2H2,1H3/t;;;2*4-,5+,6-,7-/m...11/s1. The first-order chi connectivity index (χ1) is 32.1. The van der Waals surface area contributed by atoms with Crippen molar-refractivity contribution < 1.29 is 90.4 Å². The van der Waals surface area contributed by atoms with Crippen LogP contribution < -0.4 is 0 Å². The highest BCUT2D eigenvalue weighted by Gasteiger charge is 2.33. The van der Waals surface area contributed by atoms with E-state index >= 15 is 0 Å². The number of unbranched alkanes of at least 4 members (excludes halogenated alkanes) is 24. The molecule has 68 heavy (non-hydrogen) atoms. The van der Waals surface area contributed by atoms with Crippen LogP contribution in [0, 0.1) is 0 Å². The van der Waals surface area contributed by atoms with Crippen LogP contribution in [0.25, 0.3) is 0 Å². The Morgan fingerprint density at radius 2 is 0.485 bits per heavy atom. The lowest BCUT2D eigenvalue weighted by molar-refractivity contribution is -0.145. The Kier molecular flexibility index (Phi) is 60.4. The molecule has 0 heterocycles. The second-order valence-corrected chi connectivity index (χ2v) is 17.5. The topological polar surface area (TPSA) is 348 Å². The number of carbonyl (C=O) groups is 5. The number of carboxylic acids is 3. The molecule has 0 radical (unpaired) electrons. The maximum Gasteiger partial charge on any atom is 0.303 e. The van der Waals surface area contributed by atoms with Crippen LogP contribution in [-0.2, 0) is 24.0 Å². The lowest BCUT2D eigenvalue weighted by Gasteiger charge is -2.23. The van der Waals surface area contributed by atoms with Crippen molar-refractivity contribution in [3.63, 3.8) is 0 Å². The van der Waals surface area contributed by atoms with Crippen LogP contribution in [0.1, 0.15) is 227 Å². The Hall–Kier alpha value is -2.65. The Morgan fingerprint density at radius 3 is 0.632 bits per heavy atom. The van der Waals surface area contributed by atoms with Gasteiger partial charge in [0.15, 0.2) is 11.6 Å². The van der Waals surface area contributed by atoms with Crippen molar-refractivity contribution in [2.45, 2.75) is 276 Å². The Morgan fingerprint density at radius 1 is 0.309 bits per heavy atom. The van der Waals surface area contributed by atoms with Gasteiger partial charge in [-0.05, 0) is 33.1 Å². The summed E-state index contributed by atoms with van der Waals surface area (Å²) in [6, 6.07) is 0. The molecule has 408 valence electrons. The number of carbonyl (C=O) groups excluding carboxylic acids is 2. The van der Waals surface area contributed by atoms with Crippen LogP contribution in [0.5, 0.6) is 0 Å². The Balaban J connectivity index is -0.000000243. The lowest BCUT2D eigenvalue weighted by atomic mass is 10.0. The van der Waals surface area contributed by atoms with Gasteiger partial charge in [0, 0.05) is 19.3 Å². The highest BCUT2D eigenvalue weighted by Crippen LogP contribution is 2.13. The number of ketones is 2. The maximum atomic E-state index is 10.5. The summed E-state index contributed by atoms with van der Waals surface area (Å²) < 4.78 is 0. The number of hydrogen-bond acceptors (Lipinski definition) is 15. The van der Waals surface area contributed by atoms with E-state index in [-0.39, 0.29) is 0 Å². The third kappa shape index (κ3) is 55.9. The number of aliphatic carboxylic acids is 3. The zero-order valence-corrected chi connectivity index (χ0v) is 42.6. The van der Waals surface area contributed by atoms with E-state index in [1.165, 1.54) is 135 Å². The predicted octanol–water partition coefficient (Wildman–Crippen LogP) is 6.00. The number of rotatable bonds is 40. The molecule has 0 aromatic heterocycles. The third-order valence-corrected chi connectivity index (χ3v) is 10.8.